The van der Waals surface area contributed by atoms with Crippen LogP contribution >= 0.6 is 11.8 Å². The second-order valence-corrected chi connectivity index (χ2v) is 2.81. The second-order valence-electron chi connectivity index (χ2n) is 1.99. The van der Waals surface area contributed by atoms with Crippen LogP contribution in [0.15, 0.2) is 0 Å². The Labute approximate surface area is 71.4 Å². The summed E-state index contributed by atoms with van der Waals surface area (Å²) >= 11 is 1.55. The van der Waals surface area contributed by atoms with Crippen molar-refractivity contribution in [1.82, 2.24) is 0 Å². The zero-order chi connectivity index (χ0) is 8.53. The molecule has 0 aromatic heterocycles. The van der Waals surface area contributed by atoms with Crippen LogP contribution in [-0.4, -0.2) is 25.0 Å². The first-order valence-corrected chi connectivity index (χ1v) is 4.93. The summed E-state index contributed by atoms with van der Waals surface area (Å²) < 4.78 is 9.63. The predicted octanol–water partition coefficient (Wildman–Crippen LogP) is 1.62. The Bertz CT molecular complexity index is 106. The average Bonchev–Trinajstić information content (AvgIpc) is 1.99. The van der Waals surface area contributed by atoms with Gasteiger partial charge in [0.15, 0.2) is 6.79 Å². The minimum absolute atomic E-state index is 0.0830. The van der Waals surface area contributed by atoms with Crippen molar-refractivity contribution >= 4 is 17.7 Å². The van der Waals surface area contributed by atoms with E-state index in [-0.39, 0.29) is 12.8 Å². The molecule has 0 aromatic carbocycles. The van der Waals surface area contributed by atoms with E-state index in [1.807, 2.05) is 13.2 Å². The van der Waals surface area contributed by atoms with Crippen LogP contribution in [0.2, 0.25) is 0 Å². The van der Waals surface area contributed by atoms with Gasteiger partial charge in [-0.3, -0.25) is 4.79 Å². The van der Waals surface area contributed by atoms with Gasteiger partial charge in [0.1, 0.15) is 0 Å². The molecular weight excluding hydrogens is 164 g/mol. The summed E-state index contributed by atoms with van der Waals surface area (Å²) in [6.07, 6.45) is 3.22. The maximum Gasteiger partial charge on any atom is 0.307 e. The standard InChI is InChI=1S/C7H14O3S/c1-3-4-7(8)10-5-9-6-11-2/h3-6H2,1-2H3. The summed E-state index contributed by atoms with van der Waals surface area (Å²) in [6.45, 7) is 2.02. The lowest BCUT2D eigenvalue weighted by Gasteiger charge is -2.02. The number of thioether (sulfide) groups is 1. The molecule has 0 radical (unpaired) electrons. The van der Waals surface area contributed by atoms with Crippen LogP contribution in [0.5, 0.6) is 0 Å². The highest BCUT2D eigenvalue weighted by molar-refractivity contribution is 7.98. The lowest BCUT2D eigenvalue weighted by molar-refractivity contribution is -0.154. The Balaban J connectivity index is 3.04. The van der Waals surface area contributed by atoms with Gasteiger partial charge in [0.25, 0.3) is 0 Å². The van der Waals surface area contributed by atoms with Crippen molar-refractivity contribution in [2.45, 2.75) is 19.8 Å². The first kappa shape index (κ1) is 10.8. The van der Waals surface area contributed by atoms with Crippen LogP contribution in [0.25, 0.3) is 0 Å². The molecule has 0 atom stereocenters. The number of rotatable bonds is 6. The van der Waals surface area contributed by atoms with E-state index in [0.717, 1.165) is 6.42 Å². The van der Waals surface area contributed by atoms with Gasteiger partial charge in [-0.1, -0.05) is 6.92 Å². The minimum atomic E-state index is -0.186. The van der Waals surface area contributed by atoms with E-state index in [1.54, 1.807) is 11.8 Å². The van der Waals surface area contributed by atoms with Gasteiger partial charge in [-0.05, 0) is 12.7 Å². The first-order valence-electron chi connectivity index (χ1n) is 3.53. The summed E-state index contributed by atoms with van der Waals surface area (Å²) in [7, 11) is 0. The monoisotopic (exact) mass is 178 g/mol. The third-order valence-corrected chi connectivity index (χ3v) is 1.36. The van der Waals surface area contributed by atoms with E-state index in [1.165, 1.54) is 0 Å². The fourth-order valence-corrected chi connectivity index (χ4v) is 0.736. The largest absolute Gasteiger partial charge is 0.438 e. The molecule has 4 heteroatoms. The maximum absolute atomic E-state index is 10.7. The summed E-state index contributed by atoms with van der Waals surface area (Å²) in [6, 6.07) is 0. The Morgan fingerprint density at radius 1 is 1.55 bits per heavy atom. The Morgan fingerprint density at radius 3 is 2.82 bits per heavy atom. The number of hydrogen-bond donors (Lipinski definition) is 0. The Kier molecular flexibility index (Phi) is 7.72. The highest BCUT2D eigenvalue weighted by atomic mass is 32.2. The lowest BCUT2D eigenvalue weighted by Crippen LogP contribution is -2.07. The molecule has 0 N–H and O–H groups in total. The molecule has 0 aliphatic carbocycles. The van der Waals surface area contributed by atoms with Crippen LogP contribution in [0.1, 0.15) is 19.8 Å². The molecule has 3 nitrogen and oxygen atoms in total. The molecule has 11 heavy (non-hydrogen) atoms. The second kappa shape index (κ2) is 7.88. The van der Waals surface area contributed by atoms with Crippen molar-refractivity contribution in [2.75, 3.05) is 19.0 Å². The third kappa shape index (κ3) is 7.68. The number of ether oxygens (including phenoxy) is 2. The van der Waals surface area contributed by atoms with Gasteiger partial charge in [0.2, 0.25) is 0 Å². The van der Waals surface area contributed by atoms with Crippen LogP contribution in [0.4, 0.5) is 0 Å². The van der Waals surface area contributed by atoms with Crippen molar-refractivity contribution in [3.05, 3.63) is 0 Å². The maximum atomic E-state index is 10.7. The molecule has 0 aliphatic heterocycles. The summed E-state index contributed by atoms with van der Waals surface area (Å²) in [5.74, 6) is 0.382. The summed E-state index contributed by atoms with van der Waals surface area (Å²) in [4.78, 5) is 10.7. The topological polar surface area (TPSA) is 35.5 Å². The smallest absolute Gasteiger partial charge is 0.307 e. The lowest BCUT2D eigenvalue weighted by atomic mass is 10.3. The number of carbonyl (C=O) groups excluding carboxylic acids is 1. The highest BCUT2D eigenvalue weighted by Crippen LogP contribution is 1.94. The number of carbonyl (C=O) groups is 1. The molecule has 0 heterocycles. The van der Waals surface area contributed by atoms with Crippen molar-refractivity contribution in [2.24, 2.45) is 0 Å². The number of esters is 1. The zero-order valence-electron chi connectivity index (χ0n) is 6.96. The molecule has 0 unspecified atom stereocenters. The molecule has 0 bridgehead atoms. The minimum Gasteiger partial charge on any atom is -0.438 e. The molecule has 0 aromatic rings. The highest BCUT2D eigenvalue weighted by Gasteiger charge is 1.98. The summed E-state index contributed by atoms with van der Waals surface area (Å²) in [5.41, 5.74) is 0. The fraction of sp³-hybridized carbons (Fsp3) is 0.857. The quantitative estimate of drug-likeness (QED) is 0.352. The molecule has 0 saturated carbocycles. The van der Waals surface area contributed by atoms with Crippen molar-refractivity contribution in [1.29, 1.82) is 0 Å². The molecule has 0 amide bonds. The van der Waals surface area contributed by atoms with Crippen LogP contribution in [-0.2, 0) is 14.3 Å². The molecule has 66 valence electrons. The van der Waals surface area contributed by atoms with E-state index in [2.05, 4.69) is 0 Å². The van der Waals surface area contributed by atoms with E-state index in [0.29, 0.717) is 12.4 Å². The predicted molar refractivity (Wildman–Crippen MR) is 45.3 cm³/mol. The van der Waals surface area contributed by atoms with Gasteiger partial charge < -0.3 is 9.47 Å². The van der Waals surface area contributed by atoms with Gasteiger partial charge in [-0.2, -0.15) is 0 Å². The van der Waals surface area contributed by atoms with Gasteiger partial charge in [-0.25, -0.2) is 0 Å². The molecule has 0 saturated heterocycles. The van der Waals surface area contributed by atoms with Crippen LogP contribution < -0.4 is 0 Å². The third-order valence-electron chi connectivity index (χ3n) is 0.959. The van der Waals surface area contributed by atoms with Gasteiger partial charge in [0, 0.05) is 6.42 Å². The fourth-order valence-electron chi connectivity index (χ4n) is 0.501. The van der Waals surface area contributed by atoms with Gasteiger partial charge in [0.05, 0.1) is 5.94 Å². The SMILES string of the molecule is CCCC(=O)OCOCSC. The molecule has 0 fully saturated rings. The van der Waals surface area contributed by atoms with Crippen molar-refractivity contribution in [3.8, 4) is 0 Å². The Hall–Kier alpha value is -0.220. The van der Waals surface area contributed by atoms with Crippen molar-refractivity contribution in [3.63, 3.8) is 0 Å². The van der Waals surface area contributed by atoms with E-state index in [9.17, 15) is 4.79 Å². The van der Waals surface area contributed by atoms with Gasteiger partial charge >= 0.3 is 5.97 Å². The molecule has 0 spiro atoms. The average molecular weight is 178 g/mol. The molecular formula is C7H14O3S. The zero-order valence-corrected chi connectivity index (χ0v) is 7.78. The van der Waals surface area contributed by atoms with E-state index < -0.39 is 0 Å². The van der Waals surface area contributed by atoms with E-state index in [4.69, 9.17) is 9.47 Å². The molecule has 0 rings (SSSR count). The van der Waals surface area contributed by atoms with Crippen molar-refractivity contribution < 1.29 is 14.3 Å². The number of hydrogen-bond acceptors (Lipinski definition) is 4. The Morgan fingerprint density at radius 2 is 2.27 bits per heavy atom. The van der Waals surface area contributed by atoms with Crippen LogP contribution in [0, 0.1) is 0 Å². The van der Waals surface area contributed by atoms with Crippen LogP contribution in [0.3, 0.4) is 0 Å². The first-order chi connectivity index (χ1) is 5.31. The molecule has 0 aliphatic rings. The normalized spacial score (nSPS) is 9.64. The van der Waals surface area contributed by atoms with E-state index >= 15 is 0 Å². The van der Waals surface area contributed by atoms with Gasteiger partial charge in [-0.15, -0.1) is 11.8 Å². The summed E-state index contributed by atoms with van der Waals surface area (Å²) in [5, 5.41) is 0.